The molecule has 0 atom stereocenters. The van der Waals surface area contributed by atoms with Gasteiger partial charge in [0.25, 0.3) is 0 Å². The van der Waals surface area contributed by atoms with Gasteiger partial charge >= 0.3 is 6.09 Å². The first-order valence-corrected chi connectivity index (χ1v) is 7.53. The summed E-state index contributed by atoms with van der Waals surface area (Å²) >= 11 is 5.83. The van der Waals surface area contributed by atoms with E-state index in [4.69, 9.17) is 21.1 Å². The normalized spacial score (nSPS) is 11.0. The van der Waals surface area contributed by atoms with Gasteiger partial charge in [-0.2, -0.15) is 0 Å². The molecule has 0 saturated carbocycles. The average Bonchev–Trinajstić information content (AvgIpc) is 2.46. The number of rotatable bonds is 4. The number of carbonyl (C=O) groups is 1. The van der Waals surface area contributed by atoms with Crippen LogP contribution < -0.4 is 10.1 Å². The Balaban J connectivity index is 1.87. The van der Waals surface area contributed by atoms with Gasteiger partial charge < -0.3 is 9.47 Å². The molecular formula is C17H19ClN2O3. The van der Waals surface area contributed by atoms with Crippen molar-refractivity contribution >= 4 is 23.5 Å². The van der Waals surface area contributed by atoms with Crippen LogP contribution in [0.15, 0.2) is 42.6 Å². The summed E-state index contributed by atoms with van der Waals surface area (Å²) in [5.41, 5.74) is 0.455. The van der Waals surface area contributed by atoms with Gasteiger partial charge in [0.2, 0.25) is 0 Å². The molecule has 1 aromatic heterocycles. The highest BCUT2D eigenvalue weighted by atomic mass is 35.5. The molecule has 0 saturated heterocycles. The Morgan fingerprint density at radius 3 is 2.43 bits per heavy atom. The van der Waals surface area contributed by atoms with Crippen molar-refractivity contribution in [3.8, 4) is 5.75 Å². The van der Waals surface area contributed by atoms with E-state index in [0.29, 0.717) is 23.2 Å². The average molecular weight is 335 g/mol. The van der Waals surface area contributed by atoms with E-state index in [2.05, 4.69) is 10.3 Å². The van der Waals surface area contributed by atoms with Crippen LogP contribution in [0.3, 0.4) is 0 Å². The molecule has 0 unspecified atom stereocenters. The Morgan fingerprint density at radius 1 is 1.17 bits per heavy atom. The van der Waals surface area contributed by atoms with Crippen molar-refractivity contribution in [1.29, 1.82) is 0 Å². The first kappa shape index (κ1) is 17.1. The van der Waals surface area contributed by atoms with E-state index in [0.717, 1.165) is 5.56 Å². The number of nitrogens with zero attached hydrogens (tertiary/aromatic N) is 1. The summed E-state index contributed by atoms with van der Waals surface area (Å²) in [6, 6.07) is 10.8. The molecule has 23 heavy (non-hydrogen) atoms. The number of halogens is 1. The highest BCUT2D eigenvalue weighted by molar-refractivity contribution is 6.30. The number of nitrogens with one attached hydrogen (secondary N) is 1. The number of hydrogen-bond donors (Lipinski definition) is 1. The predicted octanol–water partition coefficient (Wildman–Crippen LogP) is 4.66. The zero-order valence-electron chi connectivity index (χ0n) is 13.3. The minimum absolute atomic E-state index is 0.401. The van der Waals surface area contributed by atoms with Crippen molar-refractivity contribution in [1.82, 2.24) is 4.98 Å². The Bertz CT molecular complexity index is 649. The van der Waals surface area contributed by atoms with E-state index < -0.39 is 11.7 Å². The van der Waals surface area contributed by atoms with Crippen LogP contribution in [0.1, 0.15) is 26.3 Å². The number of hydrogen-bond acceptors (Lipinski definition) is 4. The van der Waals surface area contributed by atoms with Gasteiger partial charge in [-0.3, -0.25) is 5.32 Å². The number of anilines is 1. The summed E-state index contributed by atoms with van der Waals surface area (Å²) in [4.78, 5) is 15.8. The summed E-state index contributed by atoms with van der Waals surface area (Å²) in [7, 11) is 0. The van der Waals surface area contributed by atoms with Gasteiger partial charge in [0.05, 0.1) is 6.20 Å². The molecule has 1 aromatic carbocycles. The Kier molecular flexibility index (Phi) is 5.45. The predicted molar refractivity (Wildman–Crippen MR) is 89.9 cm³/mol. The minimum Gasteiger partial charge on any atom is -0.487 e. The van der Waals surface area contributed by atoms with Gasteiger partial charge in [-0.15, -0.1) is 0 Å². The largest absolute Gasteiger partial charge is 0.487 e. The van der Waals surface area contributed by atoms with Gasteiger partial charge in [0.15, 0.2) is 0 Å². The second-order valence-corrected chi connectivity index (χ2v) is 6.36. The molecule has 5 nitrogen and oxygen atoms in total. The van der Waals surface area contributed by atoms with Crippen molar-refractivity contribution in [2.75, 3.05) is 5.32 Å². The van der Waals surface area contributed by atoms with Crippen molar-refractivity contribution in [3.63, 3.8) is 0 Å². The smallest absolute Gasteiger partial charge is 0.413 e. The van der Waals surface area contributed by atoms with E-state index in [-0.39, 0.29) is 0 Å². The van der Waals surface area contributed by atoms with E-state index >= 15 is 0 Å². The second kappa shape index (κ2) is 7.33. The van der Waals surface area contributed by atoms with Crippen molar-refractivity contribution in [3.05, 3.63) is 53.2 Å². The maximum absolute atomic E-state index is 11.6. The molecule has 122 valence electrons. The van der Waals surface area contributed by atoms with E-state index in [1.54, 1.807) is 39.1 Å². The van der Waals surface area contributed by atoms with Crippen LogP contribution in [-0.2, 0) is 11.3 Å². The maximum atomic E-state index is 11.6. The van der Waals surface area contributed by atoms with Crippen LogP contribution in [0.4, 0.5) is 10.6 Å². The lowest BCUT2D eigenvalue weighted by molar-refractivity contribution is 0.0635. The lowest BCUT2D eigenvalue weighted by atomic mass is 10.2. The Hall–Kier alpha value is -2.27. The number of ether oxygens (including phenoxy) is 2. The number of amides is 1. The Morgan fingerprint density at radius 2 is 1.87 bits per heavy atom. The summed E-state index contributed by atoms with van der Waals surface area (Å²) in [6.07, 6.45) is 1.00. The molecule has 0 radical (unpaired) electrons. The number of carbonyl (C=O) groups excluding carboxylic acids is 1. The third kappa shape index (κ3) is 6.16. The number of aromatic nitrogens is 1. The van der Waals surface area contributed by atoms with Crippen LogP contribution in [0, 0.1) is 0 Å². The van der Waals surface area contributed by atoms with Crippen molar-refractivity contribution < 1.29 is 14.3 Å². The molecule has 1 amide bonds. The molecule has 2 aromatic rings. The highest BCUT2D eigenvalue weighted by Crippen LogP contribution is 2.16. The Labute approximate surface area is 140 Å². The van der Waals surface area contributed by atoms with Crippen LogP contribution in [0.2, 0.25) is 5.02 Å². The number of pyridine rings is 1. The number of benzene rings is 1. The fourth-order valence-electron chi connectivity index (χ4n) is 1.70. The highest BCUT2D eigenvalue weighted by Gasteiger charge is 2.16. The summed E-state index contributed by atoms with van der Waals surface area (Å²) in [5, 5.41) is 3.25. The first-order valence-electron chi connectivity index (χ1n) is 7.15. The lowest BCUT2D eigenvalue weighted by Gasteiger charge is -2.19. The van der Waals surface area contributed by atoms with Gasteiger partial charge in [-0.05, 0) is 50.6 Å². The van der Waals surface area contributed by atoms with E-state index in [9.17, 15) is 4.79 Å². The molecule has 2 rings (SSSR count). The quantitative estimate of drug-likeness (QED) is 0.883. The molecule has 1 N–H and O–H groups in total. The standard InChI is InChI=1S/C17H19ClN2O3/c1-17(2,3)23-16(21)20-15-9-8-14(10-19-15)22-11-12-4-6-13(18)7-5-12/h4-10H,11H2,1-3H3,(H,19,20,21). The fraction of sp³-hybridized carbons (Fsp3) is 0.294. The summed E-state index contributed by atoms with van der Waals surface area (Å²) in [5.74, 6) is 1.01. The molecular weight excluding hydrogens is 316 g/mol. The van der Waals surface area contributed by atoms with Gasteiger partial charge in [0, 0.05) is 5.02 Å². The summed E-state index contributed by atoms with van der Waals surface area (Å²) < 4.78 is 10.8. The molecule has 0 spiro atoms. The SMILES string of the molecule is CC(C)(C)OC(=O)Nc1ccc(OCc2ccc(Cl)cc2)cn1. The zero-order valence-corrected chi connectivity index (χ0v) is 14.1. The van der Waals surface area contributed by atoms with E-state index in [1.807, 2.05) is 24.3 Å². The van der Waals surface area contributed by atoms with Crippen molar-refractivity contribution in [2.45, 2.75) is 33.0 Å². The van der Waals surface area contributed by atoms with Gasteiger partial charge in [-0.1, -0.05) is 23.7 Å². The van der Waals surface area contributed by atoms with Crippen LogP contribution in [0.5, 0.6) is 5.75 Å². The third-order valence-electron chi connectivity index (χ3n) is 2.68. The van der Waals surface area contributed by atoms with Crippen LogP contribution >= 0.6 is 11.6 Å². The molecule has 0 aliphatic carbocycles. The monoisotopic (exact) mass is 334 g/mol. The summed E-state index contributed by atoms with van der Waals surface area (Å²) in [6.45, 7) is 5.81. The zero-order chi connectivity index (χ0) is 16.9. The molecule has 1 heterocycles. The second-order valence-electron chi connectivity index (χ2n) is 5.92. The van der Waals surface area contributed by atoms with E-state index in [1.165, 1.54) is 0 Å². The molecule has 6 heteroatoms. The minimum atomic E-state index is -0.550. The molecule has 0 bridgehead atoms. The van der Waals surface area contributed by atoms with Crippen molar-refractivity contribution in [2.24, 2.45) is 0 Å². The fourth-order valence-corrected chi connectivity index (χ4v) is 1.82. The van der Waals surface area contributed by atoms with Gasteiger partial charge in [0.1, 0.15) is 23.8 Å². The third-order valence-corrected chi connectivity index (χ3v) is 2.94. The van der Waals surface area contributed by atoms with Gasteiger partial charge in [-0.25, -0.2) is 9.78 Å². The topological polar surface area (TPSA) is 60.5 Å². The maximum Gasteiger partial charge on any atom is 0.413 e. The molecule has 0 aliphatic heterocycles. The van der Waals surface area contributed by atoms with Crippen LogP contribution in [0.25, 0.3) is 0 Å². The molecule has 0 fully saturated rings. The van der Waals surface area contributed by atoms with Crippen LogP contribution in [-0.4, -0.2) is 16.7 Å². The first-order chi connectivity index (χ1) is 10.8. The molecule has 0 aliphatic rings. The lowest BCUT2D eigenvalue weighted by Crippen LogP contribution is -2.27.